The number of hydrogen-bond donors (Lipinski definition) is 0. The number of benzene rings is 3. The van der Waals surface area contributed by atoms with Gasteiger partial charge in [-0.05, 0) is 31.2 Å². The van der Waals surface area contributed by atoms with Crippen LogP contribution in [0, 0.1) is 0 Å². The molecule has 2 aromatic heterocycles. The third-order valence-corrected chi connectivity index (χ3v) is 6.26. The maximum Gasteiger partial charge on any atom is 0.262 e. The van der Waals surface area contributed by atoms with Crippen molar-refractivity contribution in [3.05, 3.63) is 83.2 Å². The number of thioether (sulfide) groups is 1. The van der Waals surface area contributed by atoms with E-state index in [-0.39, 0.29) is 17.2 Å². The Labute approximate surface area is 177 Å². The first-order valence-electron chi connectivity index (χ1n) is 9.83. The zero-order chi connectivity index (χ0) is 20.7. The summed E-state index contributed by atoms with van der Waals surface area (Å²) >= 11 is 1.31. The molecule has 2 heterocycles. The number of nitrogens with zero attached hydrogens (tertiary/aromatic N) is 3. The number of carbonyl (C=O) groups is 1. The van der Waals surface area contributed by atoms with Gasteiger partial charge in [0.25, 0.3) is 5.56 Å². The second kappa shape index (κ2) is 7.46. The highest BCUT2D eigenvalue weighted by Gasteiger charge is 2.17. The lowest BCUT2D eigenvalue weighted by atomic mass is 10.2. The Hall–Kier alpha value is -3.38. The van der Waals surface area contributed by atoms with Crippen LogP contribution in [0.3, 0.4) is 0 Å². The first-order valence-corrected chi connectivity index (χ1v) is 10.8. The molecule has 0 aliphatic rings. The third-order valence-electron chi connectivity index (χ3n) is 5.30. The summed E-state index contributed by atoms with van der Waals surface area (Å²) in [6.07, 6.45) is 0. The molecule has 5 rings (SSSR count). The second-order valence-electron chi connectivity index (χ2n) is 7.01. The van der Waals surface area contributed by atoms with Gasteiger partial charge in [0.15, 0.2) is 5.16 Å². The maximum atomic E-state index is 13.3. The molecule has 6 heteroatoms. The highest BCUT2D eigenvalue weighted by atomic mass is 32.2. The van der Waals surface area contributed by atoms with Crippen LogP contribution in [-0.4, -0.2) is 25.8 Å². The Kier molecular flexibility index (Phi) is 4.64. The standard InChI is InChI=1S/C24H19N3O2S/c1-2-26-23(29)18-11-3-6-12-19(18)25-24(26)30-15-22(28)27-20-13-7-4-9-16(20)17-10-5-8-14-21(17)27/h3-14H,2,15H2,1H3. The fourth-order valence-corrected chi connectivity index (χ4v) is 4.83. The van der Waals surface area contributed by atoms with Gasteiger partial charge in [-0.2, -0.15) is 0 Å². The van der Waals surface area contributed by atoms with E-state index in [1.54, 1.807) is 15.2 Å². The average molecular weight is 414 g/mol. The molecule has 0 amide bonds. The van der Waals surface area contributed by atoms with E-state index in [2.05, 4.69) is 4.98 Å². The summed E-state index contributed by atoms with van der Waals surface area (Å²) in [5, 5.41) is 3.27. The molecule has 0 bridgehead atoms. The van der Waals surface area contributed by atoms with E-state index in [0.29, 0.717) is 22.6 Å². The van der Waals surface area contributed by atoms with E-state index in [9.17, 15) is 9.59 Å². The van der Waals surface area contributed by atoms with Crippen LogP contribution >= 0.6 is 11.8 Å². The van der Waals surface area contributed by atoms with E-state index in [4.69, 9.17) is 0 Å². The van der Waals surface area contributed by atoms with Gasteiger partial charge in [-0.1, -0.05) is 60.3 Å². The lowest BCUT2D eigenvalue weighted by Crippen LogP contribution is -2.23. The smallest absolute Gasteiger partial charge is 0.262 e. The molecule has 5 nitrogen and oxygen atoms in total. The summed E-state index contributed by atoms with van der Waals surface area (Å²) in [5.74, 6) is 0.149. The minimum atomic E-state index is -0.0742. The van der Waals surface area contributed by atoms with E-state index < -0.39 is 0 Å². The fraction of sp³-hybridized carbons (Fsp3) is 0.125. The highest BCUT2D eigenvalue weighted by Crippen LogP contribution is 2.29. The Bertz CT molecular complexity index is 1430. The van der Waals surface area contributed by atoms with Crippen molar-refractivity contribution in [3.63, 3.8) is 0 Å². The van der Waals surface area contributed by atoms with Crippen LogP contribution in [0.2, 0.25) is 0 Å². The van der Waals surface area contributed by atoms with Crippen molar-refractivity contribution in [2.75, 3.05) is 5.75 Å². The Morgan fingerprint density at radius 3 is 2.07 bits per heavy atom. The van der Waals surface area contributed by atoms with Crippen LogP contribution in [0.1, 0.15) is 11.7 Å². The Morgan fingerprint density at radius 1 is 0.867 bits per heavy atom. The van der Waals surface area contributed by atoms with Crippen LogP contribution in [-0.2, 0) is 6.54 Å². The van der Waals surface area contributed by atoms with Gasteiger partial charge in [0, 0.05) is 17.3 Å². The van der Waals surface area contributed by atoms with E-state index >= 15 is 0 Å². The van der Waals surface area contributed by atoms with Gasteiger partial charge in [0.2, 0.25) is 5.91 Å². The zero-order valence-electron chi connectivity index (χ0n) is 16.4. The van der Waals surface area contributed by atoms with Crippen molar-refractivity contribution in [2.45, 2.75) is 18.6 Å². The van der Waals surface area contributed by atoms with Gasteiger partial charge in [-0.3, -0.25) is 18.7 Å². The van der Waals surface area contributed by atoms with Crippen LogP contribution < -0.4 is 5.56 Å². The quantitative estimate of drug-likeness (QED) is 0.309. The molecule has 5 aromatic rings. The Morgan fingerprint density at radius 2 is 1.43 bits per heavy atom. The molecule has 0 fully saturated rings. The Balaban J connectivity index is 1.55. The average Bonchev–Trinajstić information content (AvgIpc) is 3.12. The predicted octanol–water partition coefficient (Wildman–Crippen LogP) is 4.96. The van der Waals surface area contributed by atoms with Gasteiger partial charge in [0.1, 0.15) is 0 Å². The normalized spacial score (nSPS) is 11.5. The van der Waals surface area contributed by atoms with E-state index in [1.165, 1.54) is 11.8 Å². The SMILES string of the molecule is CCn1c(SCC(=O)n2c3ccccc3c3ccccc32)nc2ccccc2c1=O. The number of rotatable bonds is 4. The molecule has 30 heavy (non-hydrogen) atoms. The largest absolute Gasteiger partial charge is 0.287 e. The summed E-state index contributed by atoms with van der Waals surface area (Å²) < 4.78 is 3.40. The van der Waals surface area contributed by atoms with Crippen molar-refractivity contribution < 1.29 is 4.79 Å². The van der Waals surface area contributed by atoms with Crippen LogP contribution in [0.15, 0.2) is 82.7 Å². The van der Waals surface area contributed by atoms with Crippen LogP contribution in [0.4, 0.5) is 0 Å². The topological polar surface area (TPSA) is 56.9 Å². The third kappa shape index (κ3) is 2.92. The molecule has 0 spiro atoms. The van der Waals surface area contributed by atoms with Crippen molar-refractivity contribution in [1.29, 1.82) is 0 Å². The molecule has 0 aliphatic carbocycles. The monoisotopic (exact) mass is 413 g/mol. The molecule has 0 unspecified atom stereocenters. The zero-order valence-corrected chi connectivity index (χ0v) is 17.2. The van der Waals surface area contributed by atoms with Gasteiger partial charge >= 0.3 is 0 Å². The van der Waals surface area contributed by atoms with Gasteiger partial charge < -0.3 is 0 Å². The lowest BCUT2D eigenvalue weighted by Gasteiger charge is -2.11. The van der Waals surface area contributed by atoms with Crippen LogP contribution in [0.25, 0.3) is 32.7 Å². The van der Waals surface area contributed by atoms with Crippen molar-refractivity contribution >= 4 is 50.4 Å². The van der Waals surface area contributed by atoms with Crippen LogP contribution in [0.5, 0.6) is 0 Å². The molecule has 0 atom stereocenters. The summed E-state index contributed by atoms with van der Waals surface area (Å²) in [4.78, 5) is 30.8. The first-order chi connectivity index (χ1) is 14.7. The fourth-order valence-electron chi connectivity index (χ4n) is 3.92. The summed E-state index contributed by atoms with van der Waals surface area (Å²) in [7, 11) is 0. The minimum Gasteiger partial charge on any atom is -0.287 e. The molecular formula is C24H19N3O2S. The summed E-state index contributed by atoms with van der Waals surface area (Å²) in [5.41, 5.74) is 2.36. The van der Waals surface area contributed by atoms with Crippen molar-refractivity contribution in [1.82, 2.24) is 14.1 Å². The predicted molar refractivity (Wildman–Crippen MR) is 122 cm³/mol. The molecule has 0 saturated carbocycles. The summed E-state index contributed by atoms with van der Waals surface area (Å²) in [6, 6.07) is 23.2. The molecule has 0 radical (unpaired) electrons. The van der Waals surface area contributed by atoms with Gasteiger partial charge in [-0.15, -0.1) is 0 Å². The van der Waals surface area contributed by atoms with E-state index in [1.807, 2.05) is 73.7 Å². The maximum absolute atomic E-state index is 13.3. The van der Waals surface area contributed by atoms with E-state index in [0.717, 1.165) is 21.8 Å². The molecule has 0 saturated heterocycles. The molecule has 3 aromatic carbocycles. The van der Waals surface area contributed by atoms with Gasteiger partial charge in [-0.25, -0.2) is 4.98 Å². The number of aromatic nitrogens is 3. The first kappa shape index (κ1) is 18.6. The molecule has 0 N–H and O–H groups in total. The van der Waals surface area contributed by atoms with Crippen molar-refractivity contribution in [2.24, 2.45) is 0 Å². The number of para-hydroxylation sites is 3. The van der Waals surface area contributed by atoms with Crippen molar-refractivity contribution in [3.8, 4) is 0 Å². The minimum absolute atomic E-state index is 0.0394. The molecule has 148 valence electrons. The molecule has 0 aliphatic heterocycles. The van der Waals surface area contributed by atoms with Gasteiger partial charge in [0.05, 0.1) is 27.7 Å². The number of fused-ring (bicyclic) bond motifs is 4. The molecular weight excluding hydrogens is 394 g/mol. The second-order valence-corrected chi connectivity index (χ2v) is 7.96. The number of carbonyl (C=O) groups excluding carboxylic acids is 1. The highest BCUT2D eigenvalue weighted by molar-refractivity contribution is 7.99. The number of hydrogen-bond acceptors (Lipinski definition) is 4. The lowest BCUT2D eigenvalue weighted by molar-refractivity contribution is 0.0951. The summed E-state index contributed by atoms with van der Waals surface area (Å²) in [6.45, 7) is 2.42.